The Hall–Kier alpha value is -1.88. The van der Waals surface area contributed by atoms with Crippen molar-refractivity contribution in [1.29, 1.82) is 0 Å². The van der Waals surface area contributed by atoms with Crippen molar-refractivity contribution in [3.8, 4) is 11.4 Å². The highest BCUT2D eigenvalue weighted by molar-refractivity contribution is 5.55. The molecular weight excluding hydrogens is 238 g/mol. The van der Waals surface area contributed by atoms with Crippen molar-refractivity contribution in [2.45, 2.75) is 20.0 Å². The molecule has 0 aliphatic heterocycles. The molecule has 2 aromatic rings. The van der Waals surface area contributed by atoms with Crippen LogP contribution in [0.3, 0.4) is 0 Å². The fourth-order valence-corrected chi connectivity index (χ4v) is 1.71. The Morgan fingerprint density at radius 3 is 2.28 bits per heavy atom. The summed E-state index contributed by atoms with van der Waals surface area (Å²) >= 11 is 0. The molecule has 0 aliphatic rings. The molecule has 5 heteroatoms. The van der Waals surface area contributed by atoms with Gasteiger partial charge in [-0.15, -0.1) is 0 Å². The predicted octanol–water partition coefficient (Wildman–Crippen LogP) is 2.78. The van der Waals surface area contributed by atoms with Crippen LogP contribution in [-0.4, -0.2) is 15.1 Å². The van der Waals surface area contributed by atoms with Crippen molar-refractivity contribution < 1.29 is 13.9 Å². The summed E-state index contributed by atoms with van der Waals surface area (Å²) in [6, 6.07) is 3.13. The Morgan fingerprint density at radius 2 is 1.78 bits per heavy atom. The first kappa shape index (κ1) is 12.6. The molecule has 0 fully saturated rings. The Bertz CT molecular complexity index is 565. The standard InChI is InChI=1S/C13H12F2N2O/c1-7-12(8(2)18)6-16-13(17-7)9-3-10(14)5-11(15)4-9/h3-6,8,18H,1-2H3/t8-/m0/s1. The van der Waals surface area contributed by atoms with Gasteiger partial charge in [-0.2, -0.15) is 0 Å². The zero-order valence-corrected chi connectivity index (χ0v) is 9.98. The van der Waals surface area contributed by atoms with Gasteiger partial charge in [-0.3, -0.25) is 0 Å². The SMILES string of the molecule is Cc1nc(-c2cc(F)cc(F)c2)ncc1[C@H](C)O. The Balaban J connectivity index is 2.48. The number of hydrogen-bond acceptors (Lipinski definition) is 3. The molecule has 0 radical (unpaired) electrons. The first-order valence-corrected chi connectivity index (χ1v) is 5.45. The molecule has 1 aromatic heterocycles. The second-order valence-corrected chi connectivity index (χ2v) is 4.07. The van der Waals surface area contributed by atoms with Crippen molar-refractivity contribution >= 4 is 0 Å². The highest BCUT2D eigenvalue weighted by Crippen LogP contribution is 2.21. The van der Waals surface area contributed by atoms with E-state index in [9.17, 15) is 13.9 Å². The fourth-order valence-electron chi connectivity index (χ4n) is 1.71. The number of aromatic nitrogens is 2. The first-order chi connectivity index (χ1) is 8.47. The molecule has 1 atom stereocenters. The average molecular weight is 250 g/mol. The van der Waals surface area contributed by atoms with Crippen molar-refractivity contribution in [2.24, 2.45) is 0 Å². The first-order valence-electron chi connectivity index (χ1n) is 5.45. The number of aliphatic hydroxyl groups is 1. The van der Waals surface area contributed by atoms with Crippen LogP contribution in [0.15, 0.2) is 24.4 Å². The van der Waals surface area contributed by atoms with E-state index in [-0.39, 0.29) is 11.4 Å². The number of benzene rings is 1. The average Bonchev–Trinajstić information content (AvgIpc) is 2.26. The molecule has 0 amide bonds. The van der Waals surface area contributed by atoms with Gasteiger partial charge in [0.15, 0.2) is 5.82 Å². The minimum Gasteiger partial charge on any atom is -0.389 e. The van der Waals surface area contributed by atoms with Crippen LogP contribution in [0.25, 0.3) is 11.4 Å². The van der Waals surface area contributed by atoms with Gasteiger partial charge in [-0.25, -0.2) is 18.7 Å². The van der Waals surface area contributed by atoms with Gasteiger partial charge < -0.3 is 5.11 Å². The number of halogens is 2. The fraction of sp³-hybridized carbons (Fsp3) is 0.231. The van der Waals surface area contributed by atoms with Gasteiger partial charge >= 0.3 is 0 Å². The zero-order chi connectivity index (χ0) is 13.3. The van der Waals surface area contributed by atoms with E-state index < -0.39 is 17.7 Å². The van der Waals surface area contributed by atoms with Crippen LogP contribution in [0, 0.1) is 18.6 Å². The van der Waals surface area contributed by atoms with Crippen molar-refractivity contribution in [3.63, 3.8) is 0 Å². The van der Waals surface area contributed by atoms with Crippen LogP contribution in [0.1, 0.15) is 24.3 Å². The maximum atomic E-state index is 13.1. The number of aryl methyl sites for hydroxylation is 1. The van der Waals surface area contributed by atoms with E-state index in [2.05, 4.69) is 9.97 Å². The van der Waals surface area contributed by atoms with Crippen LogP contribution in [0.4, 0.5) is 8.78 Å². The molecular formula is C13H12F2N2O. The second kappa shape index (κ2) is 4.78. The highest BCUT2D eigenvalue weighted by Gasteiger charge is 2.10. The van der Waals surface area contributed by atoms with Gasteiger partial charge in [0, 0.05) is 29.1 Å². The molecule has 0 aliphatic carbocycles. The summed E-state index contributed by atoms with van der Waals surface area (Å²) in [7, 11) is 0. The molecule has 0 saturated heterocycles. The van der Waals surface area contributed by atoms with E-state index in [0.29, 0.717) is 11.3 Å². The van der Waals surface area contributed by atoms with Crippen LogP contribution in [-0.2, 0) is 0 Å². The lowest BCUT2D eigenvalue weighted by atomic mass is 10.1. The third kappa shape index (κ3) is 2.51. The molecule has 18 heavy (non-hydrogen) atoms. The smallest absolute Gasteiger partial charge is 0.159 e. The molecule has 1 heterocycles. The third-order valence-electron chi connectivity index (χ3n) is 2.59. The molecule has 0 spiro atoms. The van der Waals surface area contributed by atoms with Gasteiger partial charge in [0.2, 0.25) is 0 Å². The van der Waals surface area contributed by atoms with Crippen LogP contribution in [0.5, 0.6) is 0 Å². The lowest BCUT2D eigenvalue weighted by molar-refractivity contribution is 0.197. The summed E-state index contributed by atoms with van der Waals surface area (Å²) < 4.78 is 26.2. The normalized spacial score (nSPS) is 12.5. The monoisotopic (exact) mass is 250 g/mol. The summed E-state index contributed by atoms with van der Waals surface area (Å²) in [6.45, 7) is 3.32. The predicted molar refractivity (Wildman–Crippen MR) is 62.8 cm³/mol. The van der Waals surface area contributed by atoms with Gasteiger partial charge in [-0.05, 0) is 26.0 Å². The number of aliphatic hydroxyl groups excluding tert-OH is 1. The summed E-state index contributed by atoms with van der Waals surface area (Å²) in [6.07, 6.45) is 0.786. The number of nitrogens with zero attached hydrogens (tertiary/aromatic N) is 2. The molecule has 1 N–H and O–H groups in total. The quantitative estimate of drug-likeness (QED) is 0.891. The number of hydrogen-bond donors (Lipinski definition) is 1. The van der Waals surface area contributed by atoms with Crippen LogP contribution < -0.4 is 0 Å². The summed E-state index contributed by atoms with van der Waals surface area (Å²) in [5.41, 5.74) is 1.45. The zero-order valence-electron chi connectivity index (χ0n) is 9.98. The topological polar surface area (TPSA) is 46.0 Å². The molecule has 1 aromatic carbocycles. The molecule has 94 valence electrons. The maximum Gasteiger partial charge on any atom is 0.159 e. The van der Waals surface area contributed by atoms with Gasteiger partial charge in [0.1, 0.15) is 11.6 Å². The van der Waals surface area contributed by atoms with Gasteiger partial charge in [-0.1, -0.05) is 0 Å². The maximum absolute atomic E-state index is 13.1. The van der Waals surface area contributed by atoms with E-state index in [1.807, 2.05) is 0 Å². The highest BCUT2D eigenvalue weighted by atomic mass is 19.1. The summed E-state index contributed by atoms with van der Waals surface area (Å²) in [5, 5.41) is 9.45. The van der Waals surface area contributed by atoms with E-state index in [1.54, 1.807) is 13.8 Å². The Kier molecular flexibility index (Phi) is 3.34. The van der Waals surface area contributed by atoms with Crippen LogP contribution >= 0.6 is 0 Å². The minimum atomic E-state index is -0.678. The largest absolute Gasteiger partial charge is 0.389 e. The van der Waals surface area contributed by atoms with E-state index in [4.69, 9.17) is 0 Å². The van der Waals surface area contributed by atoms with E-state index in [1.165, 1.54) is 18.3 Å². The lowest BCUT2D eigenvalue weighted by Crippen LogP contribution is -2.01. The second-order valence-electron chi connectivity index (χ2n) is 4.07. The minimum absolute atomic E-state index is 0.232. The van der Waals surface area contributed by atoms with Crippen molar-refractivity contribution in [2.75, 3.05) is 0 Å². The molecule has 0 saturated carbocycles. The Morgan fingerprint density at radius 1 is 1.17 bits per heavy atom. The van der Waals surface area contributed by atoms with Crippen LogP contribution in [0.2, 0.25) is 0 Å². The van der Waals surface area contributed by atoms with Gasteiger partial charge in [0.25, 0.3) is 0 Å². The molecule has 0 bridgehead atoms. The molecule has 0 unspecified atom stereocenters. The third-order valence-corrected chi connectivity index (χ3v) is 2.59. The van der Waals surface area contributed by atoms with Crippen molar-refractivity contribution in [1.82, 2.24) is 9.97 Å². The van der Waals surface area contributed by atoms with E-state index in [0.717, 1.165) is 6.07 Å². The van der Waals surface area contributed by atoms with Gasteiger partial charge in [0.05, 0.1) is 6.10 Å². The van der Waals surface area contributed by atoms with E-state index >= 15 is 0 Å². The summed E-state index contributed by atoms with van der Waals surface area (Å²) in [4.78, 5) is 8.15. The summed E-state index contributed by atoms with van der Waals surface area (Å²) in [5.74, 6) is -1.12. The molecule has 2 rings (SSSR count). The molecule has 3 nitrogen and oxygen atoms in total. The Labute approximate surface area is 103 Å². The number of rotatable bonds is 2. The lowest BCUT2D eigenvalue weighted by Gasteiger charge is -2.09. The van der Waals surface area contributed by atoms with Crippen molar-refractivity contribution in [3.05, 3.63) is 47.3 Å².